The molecule has 0 fully saturated rings. The Balaban J connectivity index is 1.54. The summed E-state index contributed by atoms with van der Waals surface area (Å²) in [7, 11) is 1.75. The summed E-state index contributed by atoms with van der Waals surface area (Å²) in [6.45, 7) is 2.67. The van der Waals surface area contributed by atoms with E-state index in [0.29, 0.717) is 39.4 Å². The number of hydrogen-bond donors (Lipinski definition) is 1. The lowest BCUT2D eigenvalue weighted by molar-refractivity contribution is 0.0672. The number of nitrogens with one attached hydrogen (secondary N) is 1. The van der Waals surface area contributed by atoms with Crippen molar-refractivity contribution in [2.75, 3.05) is 18.9 Å². The van der Waals surface area contributed by atoms with Crippen molar-refractivity contribution in [3.63, 3.8) is 0 Å². The van der Waals surface area contributed by atoms with Crippen LogP contribution >= 0.6 is 15.9 Å². The number of carbonyl (C=O) groups excluding carboxylic acids is 1. The molecular weight excluding hydrogens is 473 g/mol. The number of benzene rings is 2. The summed E-state index contributed by atoms with van der Waals surface area (Å²) in [5, 5.41) is 7.59. The fraction of sp³-hybridized carbons (Fsp3) is 0.208. The smallest absolute Gasteiger partial charge is 0.273 e. The standard InChI is InChI=1S/C24H21BrFN5O/c1-14-17-6-4-3-5-15(17)9-10-30(14)24(32)21-13-22(27-2)31-23(28-21)12-20(29-31)18-8-7-16(25)11-19(18)26/h3-8,11-14,27H,9-10H2,1-2H3/t14-/m1/s1. The van der Waals surface area contributed by atoms with Crippen LogP contribution in [0.15, 0.2) is 59.1 Å². The highest BCUT2D eigenvalue weighted by atomic mass is 79.9. The molecule has 0 bridgehead atoms. The summed E-state index contributed by atoms with van der Waals surface area (Å²) in [5.41, 5.74) is 4.07. The van der Waals surface area contributed by atoms with Gasteiger partial charge in [-0.3, -0.25) is 4.79 Å². The minimum Gasteiger partial charge on any atom is -0.373 e. The van der Waals surface area contributed by atoms with E-state index >= 15 is 0 Å². The first-order valence-corrected chi connectivity index (χ1v) is 11.2. The molecule has 0 saturated carbocycles. The normalized spacial score (nSPS) is 15.6. The number of rotatable bonds is 3. The molecule has 0 radical (unpaired) electrons. The van der Waals surface area contributed by atoms with Crippen LogP contribution in [0, 0.1) is 5.82 Å². The maximum atomic E-state index is 14.5. The van der Waals surface area contributed by atoms with Gasteiger partial charge in [0.2, 0.25) is 0 Å². The van der Waals surface area contributed by atoms with Gasteiger partial charge < -0.3 is 10.2 Å². The Kier molecular flexibility index (Phi) is 5.17. The molecule has 1 N–H and O–H groups in total. The van der Waals surface area contributed by atoms with Gasteiger partial charge in [0.15, 0.2) is 5.65 Å². The van der Waals surface area contributed by atoms with Crippen LogP contribution in [-0.2, 0) is 6.42 Å². The molecule has 1 aliphatic rings. The van der Waals surface area contributed by atoms with E-state index in [0.717, 1.165) is 6.42 Å². The Morgan fingerprint density at radius 2 is 2.00 bits per heavy atom. The molecular formula is C24H21BrFN5O. The molecule has 1 amide bonds. The maximum Gasteiger partial charge on any atom is 0.273 e. The Morgan fingerprint density at radius 3 is 2.78 bits per heavy atom. The molecule has 4 aromatic rings. The molecule has 5 rings (SSSR count). The highest BCUT2D eigenvalue weighted by molar-refractivity contribution is 9.10. The summed E-state index contributed by atoms with van der Waals surface area (Å²) >= 11 is 3.27. The fourth-order valence-electron chi connectivity index (χ4n) is 4.29. The number of aromatic nitrogens is 3. The van der Waals surface area contributed by atoms with Gasteiger partial charge in [-0.05, 0) is 42.7 Å². The SMILES string of the molecule is CNc1cc(C(=O)N2CCc3ccccc3[C@H]2C)nc2cc(-c3ccc(Br)cc3F)nn12. The average Bonchev–Trinajstić information content (AvgIpc) is 3.22. The van der Waals surface area contributed by atoms with Gasteiger partial charge in [0.1, 0.15) is 17.3 Å². The average molecular weight is 494 g/mol. The number of hydrogen-bond acceptors (Lipinski definition) is 4. The van der Waals surface area contributed by atoms with E-state index < -0.39 is 0 Å². The third-order valence-electron chi connectivity index (χ3n) is 5.97. The second-order valence-corrected chi connectivity index (χ2v) is 8.74. The monoisotopic (exact) mass is 493 g/mol. The Labute approximate surface area is 193 Å². The number of nitrogens with zero attached hydrogens (tertiary/aromatic N) is 4. The molecule has 2 aromatic heterocycles. The van der Waals surface area contributed by atoms with Gasteiger partial charge in [-0.1, -0.05) is 40.2 Å². The molecule has 1 atom stereocenters. The summed E-state index contributed by atoms with van der Waals surface area (Å²) in [4.78, 5) is 19.9. The largest absolute Gasteiger partial charge is 0.373 e. The van der Waals surface area contributed by atoms with Crippen molar-refractivity contribution in [1.82, 2.24) is 19.5 Å². The molecule has 2 aromatic carbocycles. The van der Waals surface area contributed by atoms with Crippen molar-refractivity contribution >= 4 is 33.3 Å². The molecule has 162 valence electrons. The van der Waals surface area contributed by atoms with E-state index in [9.17, 15) is 9.18 Å². The predicted molar refractivity (Wildman–Crippen MR) is 125 cm³/mol. The van der Waals surface area contributed by atoms with E-state index in [2.05, 4.69) is 43.5 Å². The highest BCUT2D eigenvalue weighted by Crippen LogP contribution is 2.31. The van der Waals surface area contributed by atoms with Crippen LogP contribution in [-0.4, -0.2) is 39.0 Å². The number of carbonyl (C=O) groups is 1. The first kappa shape index (κ1) is 20.6. The van der Waals surface area contributed by atoms with E-state index in [1.807, 2.05) is 24.0 Å². The molecule has 0 spiro atoms. The molecule has 32 heavy (non-hydrogen) atoms. The van der Waals surface area contributed by atoms with Crippen molar-refractivity contribution in [2.24, 2.45) is 0 Å². The first-order chi connectivity index (χ1) is 15.5. The van der Waals surface area contributed by atoms with E-state index in [1.54, 1.807) is 35.8 Å². The Bertz CT molecular complexity index is 1350. The molecule has 3 heterocycles. The quantitative estimate of drug-likeness (QED) is 0.431. The fourth-order valence-corrected chi connectivity index (χ4v) is 4.62. The summed E-state index contributed by atoms with van der Waals surface area (Å²) in [6.07, 6.45) is 0.813. The Hall–Kier alpha value is -3.26. The van der Waals surface area contributed by atoms with Crippen molar-refractivity contribution in [2.45, 2.75) is 19.4 Å². The molecule has 0 unspecified atom stereocenters. The van der Waals surface area contributed by atoms with E-state index in [-0.39, 0.29) is 17.8 Å². The second-order valence-electron chi connectivity index (χ2n) is 7.82. The summed E-state index contributed by atoms with van der Waals surface area (Å²) < 4.78 is 16.7. The van der Waals surface area contributed by atoms with Crippen LogP contribution in [0.3, 0.4) is 0 Å². The van der Waals surface area contributed by atoms with Crippen LogP contribution in [0.5, 0.6) is 0 Å². The lowest BCUT2D eigenvalue weighted by atomic mass is 9.93. The molecule has 6 nitrogen and oxygen atoms in total. The highest BCUT2D eigenvalue weighted by Gasteiger charge is 2.29. The lowest BCUT2D eigenvalue weighted by Gasteiger charge is -2.35. The van der Waals surface area contributed by atoms with Gasteiger partial charge in [-0.15, -0.1) is 0 Å². The third-order valence-corrected chi connectivity index (χ3v) is 6.46. The second kappa shape index (κ2) is 8.02. The molecule has 0 saturated heterocycles. The van der Waals surface area contributed by atoms with Gasteiger partial charge >= 0.3 is 0 Å². The number of fused-ring (bicyclic) bond motifs is 2. The zero-order valence-electron chi connectivity index (χ0n) is 17.6. The topological polar surface area (TPSA) is 62.5 Å². The van der Waals surface area contributed by atoms with Crippen LogP contribution in [0.4, 0.5) is 10.2 Å². The van der Waals surface area contributed by atoms with E-state index in [1.165, 1.54) is 17.2 Å². The maximum absolute atomic E-state index is 14.5. The van der Waals surface area contributed by atoms with Gasteiger partial charge in [0, 0.05) is 35.8 Å². The van der Waals surface area contributed by atoms with Crippen LogP contribution < -0.4 is 5.32 Å². The molecule has 0 aliphatic carbocycles. The predicted octanol–water partition coefficient (Wildman–Crippen LogP) is 5.10. The van der Waals surface area contributed by atoms with Gasteiger partial charge in [-0.2, -0.15) is 9.61 Å². The molecule has 8 heteroatoms. The summed E-state index contributed by atoms with van der Waals surface area (Å²) in [6, 6.07) is 16.4. The number of amides is 1. The van der Waals surface area contributed by atoms with Gasteiger partial charge in [-0.25, -0.2) is 9.37 Å². The Morgan fingerprint density at radius 1 is 1.19 bits per heavy atom. The van der Waals surface area contributed by atoms with Crippen LogP contribution in [0.1, 0.15) is 34.6 Å². The van der Waals surface area contributed by atoms with Crippen LogP contribution in [0.25, 0.3) is 16.9 Å². The van der Waals surface area contributed by atoms with Crippen molar-refractivity contribution in [3.05, 3.63) is 81.7 Å². The van der Waals surface area contributed by atoms with E-state index in [4.69, 9.17) is 0 Å². The number of halogens is 2. The molecule has 1 aliphatic heterocycles. The zero-order chi connectivity index (χ0) is 22.4. The summed E-state index contributed by atoms with van der Waals surface area (Å²) in [5.74, 6) is 0.0849. The minimum absolute atomic E-state index is 0.0409. The minimum atomic E-state index is -0.383. The van der Waals surface area contributed by atoms with Gasteiger partial charge in [0.05, 0.1) is 11.7 Å². The first-order valence-electron chi connectivity index (χ1n) is 10.4. The third kappa shape index (κ3) is 3.44. The van der Waals surface area contributed by atoms with Crippen molar-refractivity contribution in [1.29, 1.82) is 0 Å². The number of anilines is 1. The zero-order valence-corrected chi connectivity index (χ0v) is 19.2. The van der Waals surface area contributed by atoms with Crippen molar-refractivity contribution in [3.8, 4) is 11.3 Å². The lowest BCUT2D eigenvalue weighted by Crippen LogP contribution is -2.39. The van der Waals surface area contributed by atoms with Gasteiger partial charge in [0.25, 0.3) is 5.91 Å². The van der Waals surface area contributed by atoms with Crippen LogP contribution in [0.2, 0.25) is 0 Å². The van der Waals surface area contributed by atoms with Crippen molar-refractivity contribution < 1.29 is 9.18 Å².